The molecule has 1 unspecified atom stereocenters. The minimum atomic E-state index is 0.223. The van der Waals surface area contributed by atoms with Gasteiger partial charge in [0, 0.05) is 52.5 Å². The second-order valence-electron chi connectivity index (χ2n) is 8.39. The molecule has 0 radical (unpaired) electrons. The number of aliphatic imine (C=N–C) groups is 1. The molecule has 31 heavy (non-hydrogen) atoms. The summed E-state index contributed by atoms with van der Waals surface area (Å²) in [5.74, 6) is 2.87. The Bertz CT molecular complexity index is 824. The molecule has 2 N–H and O–H groups in total. The fourth-order valence-corrected chi connectivity index (χ4v) is 4.32. The number of aromatic nitrogens is 1. The highest BCUT2D eigenvalue weighted by Gasteiger charge is 2.25. The molecule has 2 fully saturated rings. The SMILES string of the molecule is CN=C(NCc1ccnc(N2CCN(C)CC2)c1)NCC(c1ccco1)N1CCCC1. The first-order valence-electron chi connectivity index (χ1n) is 11.3. The third-order valence-corrected chi connectivity index (χ3v) is 6.24. The number of nitrogens with one attached hydrogen (secondary N) is 2. The van der Waals surface area contributed by atoms with E-state index in [1.165, 1.54) is 18.4 Å². The molecule has 4 heterocycles. The minimum Gasteiger partial charge on any atom is -0.468 e. The summed E-state index contributed by atoms with van der Waals surface area (Å²) >= 11 is 0. The molecule has 2 aromatic heterocycles. The maximum absolute atomic E-state index is 5.72. The Labute approximate surface area is 185 Å². The molecule has 0 amide bonds. The van der Waals surface area contributed by atoms with Gasteiger partial charge in [-0.3, -0.25) is 9.89 Å². The van der Waals surface area contributed by atoms with Crippen LogP contribution >= 0.6 is 0 Å². The van der Waals surface area contributed by atoms with Crippen LogP contribution in [0.5, 0.6) is 0 Å². The summed E-state index contributed by atoms with van der Waals surface area (Å²) in [5.41, 5.74) is 1.20. The molecule has 8 nitrogen and oxygen atoms in total. The van der Waals surface area contributed by atoms with Crippen LogP contribution in [0, 0.1) is 0 Å². The zero-order valence-corrected chi connectivity index (χ0v) is 18.8. The first-order chi connectivity index (χ1) is 15.2. The maximum atomic E-state index is 5.72. The van der Waals surface area contributed by atoms with E-state index < -0.39 is 0 Å². The van der Waals surface area contributed by atoms with Gasteiger partial charge in [0.15, 0.2) is 5.96 Å². The molecule has 2 aromatic rings. The number of likely N-dealkylation sites (N-methyl/N-ethyl adjacent to an activating group) is 1. The van der Waals surface area contributed by atoms with Gasteiger partial charge in [0.2, 0.25) is 0 Å². The highest BCUT2D eigenvalue weighted by Crippen LogP contribution is 2.24. The van der Waals surface area contributed by atoms with Crippen molar-refractivity contribution in [3.63, 3.8) is 0 Å². The molecular formula is C23H35N7O. The summed E-state index contributed by atoms with van der Waals surface area (Å²) in [5, 5.41) is 6.94. The predicted octanol–water partition coefficient (Wildman–Crippen LogP) is 1.93. The zero-order chi connectivity index (χ0) is 21.5. The monoisotopic (exact) mass is 425 g/mol. The average molecular weight is 426 g/mol. The van der Waals surface area contributed by atoms with Gasteiger partial charge in [-0.15, -0.1) is 0 Å². The Morgan fingerprint density at radius 1 is 1.13 bits per heavy atom. The third-order valence-electron chi connectivity index (χ3n) is 6.24. The molecule has 8 heteroatoms. The quantitative estimate of drug-likeness (QED) is 0.519. The van der Waals surface area contributed by atoms with Gasteiger partial charge in [-0.25, -0.2) is 4.98 Å². The number of hydrogen-bond donors (Lipinski definition) is 2. The number of guanidine groups is 1. The second-order valence-corrected chi connectivity index (χ2v) is 8.39. The molecule has 168 valence electrons. The number of piperazine rings is 1. The van der Waals surface area contributed by atoms with Crippen molar-refractivity contribution in [3.8, 4) is 0 Å². The van der Waals surface area contributed by atoms with E-state index in [0.29, 0.717) is 6.54 Å². The molecule has 0 saturated carbocycles. The number of nitrogens with zero attached hydrogens (tertiary/aromatic N) is 5. The van der Waals surface area contributed by atoms with E-state index in [4.69, 9.17) is 4.42 Å². The molecule has 0 spiro atoms. The van der Waals surface area contributed by atoms with E-state index >= 15 is 0 Å². The normalized spacial score (nSPS) is 19.5. The van der Waals surface area contributed by atoms with Crippen molar-refractivity contribution < 1.29 is 4.42 Å². The van der Waals surface area contributed by atoms with E-state index in [-0.39, 0.29) is 6.04 Å². The van der Waals surface area contributed by atoms with Crippen molar-refractivity contribution in [2.24, 2.45) is 4.99 Å². The minimum absolute atomic E-state index is 0.223. The van der Waals surface area contributed by atoms with Crippen molar-refractivity contribution >= 4 is 11.8 Å². The average Bonchev–Trinajstić information content (AvgIpc) is 3.52. The van der Waals surface area contributed by atoms with Crippen LogP contribution in [0.1, 0.15) is 30.2 Å². The van der Waals surface area contributed by atoms with Crippen molar-refractivity contribution in [2.45, 2.75) is 25.4 Å². The number of furan rings is 1. The van der Waals surface area contributed by atoms with Gasteiger partial charge in [0.25, 0.3) is 0 Å². The largest absolute Gasteiger partial charge is 0.468 e. The fourth-order valence-electron chi connectivity index (χ4n) is 4.32. The Hall–Kier alpha value is -2.58. The first-order valence-corrected chi connectivity index (χ1v) is 11.3. The van der Waals surface area contributed by atoms with Crippen molar-refractivity contribution in [2.75, 3.05) is 64.8 Å². The van der Waals surface area contributed by atoms with Gasteiger partial charge in [0.05, 0.1) is 12.3 Å². The number of hydrogen-bond acceptors (Lipinski definition) is 6. The van der Waals surface area contributed by atoms with E-state index in [9.17, 15) is 0 Å². The zero-order valence-electron chi connectivity index (χ0n) is 18.8. The van der Waals surface area contributed by atoms with Gasteiger partial charge in [-0.05, 0) is 62.8 Å². The van der Waals surface area contributed by atoms with Gasteiger partial charge >= 0.3 is 0 Å². The summed E-state index contributed by atoms with van der Waals surface area (Å²) in [7, 11) is 3.99. The lowest BCUT2D eigenvalue weighted by Crippen LogP contribution is -2.45. The summed E-state index contributed by atoms with van der Waals surface area (Å²) in [6, 6.07) is 8.50. The first kappa shape index (κ1) is 21.6. The third kappa shape index (κ3) is 5.77. The number of anilines is 1. The Morgan fingerprint density at radius 3 is 2.65 bits per heavy atom. The summed E-state index contributed by atoms with van der Waals surface area (Å²) in [6.45, 7) is 7.90. The number of rotatable bonds is 7. The van der Waals surface area contributed by atoms with E-state index in [2.05, 4.69) is 60.6 Å². The molecule has 2 saturated heterocycles. The lowest BCUT2D eigenvalue weighted by Gasteiger charge is -2.33. The van der Waals surface area contributed by atoms with E-state index in [0.717, 1.165) is 63.4 Å². The topological polar surface area (TPSA) is 72.2 Å². The lowest BCUT2D eigenvalue weighted by molar-refractivity contribution is 0.215. The smallest absolute Gasteiger partial charge is 0.191 e. The van der Waals surface area contributed by atoms with Crippen molar-refractivity contribution in [1.82, 2.24) is 25.4 Å². The van der Waals surface area contributed by atoms with Gasteiger partial charge in [-0.2, -0.15) is 0 Å². The van der Waals surface area contributed by atoms with Gasteiger partial charge in [0.1, 0.15) is 11.6 Å². The Kier molecular flexibility index (Phi) is 7.43. The summed E-state index contributed by atoms with van der Waals surface area (Å²) < 4.78 is 5.72. The van der Waals surface area contributed by atoms with E-state index in [1.54, 1.807) is 6.26 Å². The number of likely N-dealkylation sites (tertiary alicyclic amines) is 1. The van der Waals surface area contributed by atoms with Crippen LogP contribution in [0.4, 0.5) is 5.82 Å². The second kappa shape index (κ2) is 10.6. The molecule has 0 bridgehead atoms. The van der Waals surface area contributed by atoms with Crippen LogP contribution in [-0.2, 0) is 6.54 Å². The van der Waals surface area contributed by atoms with Crippen molar-refractivity contribution in [3.05, 3.63) is 48.0 Å². The molecule has 0 aromatic carbocycles. The highest BCUT2D eigenvalue weighted by atomic mass is 16.3. The molecular weight excluding hydrogens is 390 g/mol. The van der Waals surface area contributed by atoms with Crippen LogP contribution in [-0.4, -0.2) is 80.7 Å². The van der Waals surface area contributed by atoms with E-state index in [1.807, 2.05) is 19.3 Å². The van der Waals surface area contributed by atoms with Crippen LogP contribution in [0.15, 0.2) is 46.1 Å². The van der Waals surface area contributed by atoms with Crippen LogP contribution < -0.4 is 15.5 Å². The molecule has 2 aliphatic heterocycles. The fraction of sp³-hybridized carbons (Fsp3) is 0.565. The Balaban J connectivity index is 1.32. The standard InChI is InChI=1S/C23H35N7O/c1-24-23(27-18-20(21-6-5-15-31-21)29-9-3-4-10-29)26-17-19-7-8-25-22(16-19)30-13-11-28(2)12-14-30/h5-8,15-16,20H,3-4,9-14,17-18H2,1-2H3,(H2,24,26,27). The maximum Gasteiger partial charge on any atom is 0.191 e. The molecule has 2 aliphatic rings. The van der Waals surface area contributed by atoms with Crippen LogP contribution in [0.2, 0.25) is 0 Å². The van der Waals surface area contributed by atoms with Gasteiger partial charge < -0.3 is 24.9 Å². The summed E-state index contributed by atoms with van der Waals surface area (Å²) in [4.78, 5) is 16.2. The van der Waals surface area contributed by atoms with Gasteiger partial charge in [-0.1, -0.05) is 0 Å². The van der Waals surface area contributed by atoms with Crippen molar-refractivity contribution in [1.29, 1.82) is 0 Å². The lowest BCUT2D eigenvalue weighted by atomic mass is 10.2. The predicted molar refractivity (Wildman–Crippen MR) is 124 cm³/mol. The molecule has 0 aliphatic carbocycles. The van der Waals surface area contributed by atoms with Crippen LogP contribution in [0.25, 0.3) is 0 Å². The highest BCUT2D eigenvalue weighted by molar-refractivity contribution is 5.79. The Morgan fingerprint density at radius 2 is 1.94 bits per heavy atom. The number of pyridine rings is 1. The van der Waals surface area contributed by atoms with Crippen LogP contribution in [0.3, 0.4) is 0 Å². The molecule has 4 rings (SSSR count). The summed E-state index contributed by atoms with van der Waals surface area (Å²) in [6.07, 6.45) is 6.16. The molecule has 1 atom stereocenters.